The monoisotopic (exact) mass is 301 g/mol. The van der Waals surface area contributed by atoms with Gasteiger partial charge in [0.05, 0.1) is 13.2 Å². The van der Waals surface area contributed by atoms with Crippen LogP contribution < -0.4 is 4.74 Å². The Kier molecular flexibility index (Phi) is 4.69. The number of rotatable bonds is 4. The lowest BCUT2D eigenvalue weighted by atomic mass is 10.1. The second kappa shape index (κ2) is 6.49. The van der Waals surface area contributed by atoms with E-state index in [-0.39, 0.29) is 31.0 Å². The number of halogens is 2. The van der Waals surface area contributed by atoms with Crippen molar-refractivity contribution in [3.63, 3.8) is 0 Å². The van der Waals surface area contributed by atoms with E-state index in [0.29, 0.717) is 0 Å². The number of carboxylic acid groups (broad SMARTS) is 1. The topological polar surface area (TPSA) is 76.1 Å². The first-order valence-electron chi connectivity index (χ1n) is 6.16. The van der Waals surface area contributed by atoms with Crippen LogP contribution in [-0.2, 0) is 9.53 Å². The zero-order valence-electron chi connectivity index (χ0n) is 10.9. The largest absolute Gasteiger partial charge is 0.479 e. The van der Waals surface area contributed by atoms with Crippen LogP contribution >= 0.6 is 0 Å². The van der Waals surface area contributed by atoms with E-state index in [0.717, 1.165) is 0 Å². The molecule has 21 heavy (non-hydrogen) atoms. The van der Waals surface area contributed by atoms with Gasteiger partial charge in [-0.15, -0.1) is 0 Å². The van der Waals surface area contributed by atoms with E-state index in [1.54, 1.807) is 0 Å². The van der Waals surface area contributed by atoms with Crippen LogP contribution in [0, 0.1) is 0 Å². The third-order valence-corrected chi connectivity index (χ3v) is 2.94. The van der Waals surface area contributed by atoms with E-state index < -0.39 is 24.6 Å². The Bertz CT molecular complexity index is 537. The third kappa shape index (κ3) is 3.88. The average molecular weight is 301 g/mol. The summed E-state index contributed by atoms with van der Waals surface area (Å²) < 4.78 is 33.5. The van der Waals surface area contributed by atoms with Gasteiger partial charge in [0.1, 0.15) is 5.75 Å². The number of benzene rings is 1. The molecule has 6 nitrogen and oxygen atoms in total. The smallest absolute Gasteiger partial charge is 0.387 e. The SMILES string of the molecule is O=C(O)C1CN(C(=O)c2cccc(OC(F)F)c2)CCO1. The number of nitrogens with zero attached hydrogens (tertiary/aromatic N) is 1. The summed E-state index contributed by atoms with van der Waals surface area (Å²) >= 11 is 0. The van der Waals surface area contributed by atoms with Gasteiger partial charge in [-0.3, -0.25) is 4.79 Å². The summed E-state index contributed by atoms with van der Waals surface area (Å²) in [5.41, 5.74) is 0.152. The normalized spacial score (nSPS) is 18.6. The van der Waals surface area contributed by atoms with Crippen molar-refractivity contribution in [1.82, 2.24) is 4.90 Å². The first kappa shape index (κ1) is 15.2. The molecule has 0 aromatic heterocycles. The van der Waals surface area contributed by atoms with Gasteiger partial charge in [0.15, 0.2) is 6.10 Å². The molecular weight excluding hydrogens is 288 g/mol. The van der Waals surface area contributed by atoms with Gasteiger partial charge in [-0.05, 0) is 18.2 Å². The highest BCUT2D eigenvalue weighted by Crippen LogP contribution is 2.18. The molecule has 1 aliphatic heterocycles. The molecule has 1 heterocycles. The zero-order valence-corrected chi connectivity index (χ0v) is 10.9. The summed E-state index contributed by atoms with van der Waals surface area (Å²) in [5.74, 6) is -1.73. The molecule has 1 unspecified atom stereocenters. The number of alkyl halides is 2. The second-order valence-electron chi connectivity index (χ2n) is 4.36. The Hall–Kier alpha value is -2.22. The maximum atomic E-state index is 12.2. The quantitative estimate of drug-likeness (QED) is 0.904. The van der Waals surface area contributed by atoms with E-state index in [1.165, 1.54) is 29.2 Å². The van der Waals surface area contributed by atoms with Crippen molar-refractivity contribution in [3.8, 4) is 5.75 Å². The lowest BCUT2D eigenvalue weighted by Crippen LogP contribution is -2.48. The van der Waals surface area contributed by atoms with Gasteiger partial charge in [-0.2, -0.15) is 8.78 Å². The van der Waals surface area contributed by atoms with Crippen LogP contribution in [-0.4, -0.2) is 54.3 Å². The van der Waals surface area contributed by atoms with Crippen molar-refractivity contribution in [2.45, 2.75) is 12.7 Å². The van der Waals surface area contributed by atoms with Crippen molar-refractivity contribution in [2.75, 3.05) is 19.7 Å². The van der Waals surface area contributed by atoms with Gasteiger partial charge in [0.25, 0.3) is 5.91 Å². The lowest BCUT2D eigenvalue weighted by Gasteiger charge is -2.31. The minimum Gasteiger partial charge on any atom is -0.479 e. The molecule has 1 aromatic rings. The summed E-state index contributed by atoms with van der Waals surface area (Å²) in [6.07, 6.45) is -1.08. The van der Waals surface area contributed by atoms with E-state index in [4.69, 9.17) is 9.84 Å². The third-order valence-electron chi connectivity index (χ3n) is 2.94. The maximum Gasteiger partial charge on any atom is 0.387 e. The Labute approximate surface area is 118 Å². The summed E-state index contributed by atoms with van der Waals surface area (Å²) in [6, 6.07) is 5.37. The minimum absolute atomic E-state index is 0.0892. The molecule has 1 saturated heterocycles. The number of aliphatic carboxylic acids is 1. The molecular formula is C13H13F2NO5. The molecule has 0 bridgehead atoms. The predicted octanol–water partition coefficient (Wildman–Crippen LogP) is 1.21. The minimum atomic E-state index is -2.98. The molecule has 1 fully saturated rings. The Morgan fingerprint density at radius 2 is 2.19 bits per heavy atom. The van der Waals surface area contributed by atoms with Crippen molar-refractivity contribution in [3.05, 3.63) is 29.8 Å². The molecule has 0 aliphatic carbocycles. The fraction of sp³-hybridized carbons (Fsp3) is 0.385. The van der Waals surface area contributed by atoms with Gasteiger partial charge >= 0.3 is 12.6 Å². The molecule has 0 radical (unpaired) electrons. The number of amides is 1. The van der Waals surface area contributed by atoms with Crippen LogP contribution in [0.4, 0.5) is 8.78 Å². The fourth-order valence-corrected chi connectivity index (χ4v) is 1.97. The number of hydrogen-bond donors (Lipinski definition) is 1. The van der Waals surface area contributed by atoms with Crippen LogP contribution in [0.25, 0.3) is 0 Å². The van der Waals surface area contributed by atoms with Crippen LogP contribution in [0.2, 0.25) is 0 Å². The molecule has 1 atom stereocenters. The Morgan fingerprint density at radius 3 is 2.86 bits per heavy atom. The van der Waals surface area contributed by atoms with E-state index >= 15 is 0 Å². The molecule has 2 rings (SSSR count). The molecule has 1 N–H and O–H groups in total. The van der Waals surface area contributed by atoms with Gasteiger partial charge < -0.3 is 19.5 Å². The number of carbonyl (C=O) groups excluding carboxylic acids is 1. The Balaban J connectivity index is 2.10. The van der Waals surface area contributed by atoms with Crippen LogP contribution in [0.1, 0.15) is 10.4 Å². The summed E-state index contributed by atoms with van der Waals surface area (Å²) in [6.45, 7) is -2.72. The number of hydrogen-bond acceptors (Lipinski definition) is 4. The van der Waals surface area contributed by atoms with Crippen LogP contribution in [0.5, 0.6) is 5.75 Å². The Morgan fingerprint density at radius 1 is 1.43 bits per heavy atom. The lowest BCUT2D eigenvalue weighted by molar-refractivity contribution is -0.154. The highest BCUT2D eigenvalue weighted by Gasteiger charge is 2.29. The summed E-state index contributed by atoms with van der Waals surface area (Å²) in [4.78, 5) is 24.4. The molecule has 8 heteroatoms. The molecule has 0 saturated carbocycles. The first-order chi connectivity index (χ1) is 9.97. The second-order valence-corrected chi connectivity index (χ2v) is 4.36. The average Bonchev–Trinajstić information content (AvgIpc) is 2.46. The highest BCUT2D eigenvalue weighted by atomic mass is 19.3. The van der Waals surface area contributed by atoms with Crippen LogP contribution in [0.15, 0.2) is 24.3 Å². The first-order valence-corrected chi connectivity index (χ1v) is 6.16. The fourth-order valence-electron chi connectivity index (χ4n) is 1.97. The predicted molar refractivity (Wildman–Crippen MR) is 66.4 cm³/mol. The van der Waals surface area contributed by atoms with Gasteiger partial charge in [-0.1, -0.05) is 6.07 Å². The standard InChI is InChI=1S/C13H13F2NO5/c14-13(15)21-9-3-1-2-8(6-9)11(17)16-4-5-20-10(7-16)12(18)19/h1-3,6,10,13H,4-5,7H2,(H,18,19). The number of morpholine rings is 1. The molecule has 1 amide bonds. The number of carbonyl (C=O) groups is 2. The number of ether oxygens (including phenoxy) is 2. The van der Waals surface area contributed by atoms with Crippen molar-refractivity contribution < 1.29 is 33.0 Å². The van der Waals surface area contributed by atoms with Crippen LogP contribution in [0.3, 0.4) is 0 Å². The van der Waals surface area contributed by atoms with E-state index in [1.807, 2.05) is 0 Å². The maximum absolute atomic E-state index is 12.2. The molecule has 0 spiro atoms. The molecule has 114 valence electrons. The van der Waals surface area contributed by atoms with E-state index in [2.05, 4.69) is 4.74 Å². The van der Waals surface area contributed by atoms with Gasteiger partial charge in [0.2, 0.25) is 0 Å². The zero-order chi connectivity index (χ0) is 15.4. The molecule has 1 aliphatic rings. The summed E-state index contributed by atoms with van der Waals surface area (Å²) in [7, 11) is 0. The molecule has 1 aromatic carbocycles. The van der Waals surface area contributed by atoms with Gasteiger partial charge in [-0.25, -0.2) is 4.79 Å². The highest BCUT2D eigenvalue weighted by molar-refractivity contribution is 5.95. The van der Waals surface area contributed by atoms with E-state index in [9.17, 15) is 18.4 Å². The van der Waals surface area contributed by atoms with Gasteiger partial charge in [0, 0.05) is 12.1 Å². The number of carboxylic acids is 1. The van der Waals surface area contributed by atoms with Crippen molar-refractivity contribution in [2.24, 2.45) is 0 Å². The van der Waals surface area contributed by atoms with Crippen molar-refractivity contribution >= 4 is 11.9 Å². The van der Waals surface area contributed by atoms with Crippen molar-refractivity contribution in [1.29, 1.82) is 0 Å². The summed E-state index contributed by atoms with van der Waals surface area (Å²) in [5, 5.41) is 8.89.